The minimum atomic E-state index is -0.806. The molecule has 0 bridgehead atoms. The first-order valence-corrected chi connectivity index (χ1v) is 8.45. The SMILES string of the molecule is C=CCn1c(=O)c(C(=O)N/N=C/c2cccc(Cl)c2)c(O)c2ccccc21. The smallest absolute Gasteiger partial charge is 0.280 e. The summed E-state index contributed by atoms with van der Waals surface area (Å²) in [6.07, 6.45) is 2.94. The van der Waals surface area contributed by atoms with Gasteiger partial charge in [-0.05, 0) is 29.8 Å². The molecular weight excluding hydrogens is 366 g/mol. The van der Waals surface area contributed by atoms with Crippen molar-refractivity contribution in [2.24, 2.45) is 5.10 Å². The van der Waals surface area contributed by atoms with Gasteiger partial charge in [0.2, 0.25) is 0 Å². The predicted octanol–water partition coefficient (Wildman–Crippen LogP) is 3.31. The number of nitrogens with one attached hydrogen (secondary N) is 1. The van der Waals surface area contributed by atoms with Crippen LogP contribution in [0.15, 0.2) is 71.1 Å². The van der Waals surface area contributed by atoms with Crippen LogP contribution < -0.4 is 11.0 Å². The van der Waals surface area contributed by atoms with Crippen LogP contribution in [0.4, 0.5) is 0 Å². The first-order valence-electron chi connectivity index (χ1n) is 8.07. The molecule has 1 aromatic heterocycles. The summed E-state index contributed by atoms with van der Waals surface area (Å²) in [7, 11) is 0. The lowest BCUT2D eigenvalue weighted by Crippen LogP contribution is -2.31. The van der Waals surface area contributed by atoms with Gasteiger partial charge < -0.3 is 9.67 Å². The number of nitrogens with zero attached hydrogens (tertiary/aromatic N) is 2. The summed E-state index contributed by atoms with van der Waals surface area (Å²) in [5, 5.41) is 15.2. The normalized spacial score (nSPS) is 11.0. The van der Waals surface area contributed by atoms with E-state index >= 15 is 0 Å². The van der Waals surface area contributed by atoms with Crippen LogP contribution in [0.1, 0.15) is 15.9 Å². The van der Waals surface area contributed by atoms with Crippen molar-refractivity contribution < 1.29 is 9.90 Å². The van der Waals surface area contributed by atoms with Gasteiger partial charge in [0.15, 0.2) is 0 Å². The number of allylic oxidation sites excluding steroid dienone is 1. The third-order valence-electron chi connectivity index (χ3n) is 3.91. The molecule has 0 unspecified atom stereocenters. The standard InChI is InChI=1S/C20H16ClN3O3/c1-2-10-24-16-9-4-3-8-15(16)18(25)17(20(24)27)19(26)23-22-12-13-6-5-7-14(21)11-13/h2-9,11-12,25H,1,10H2,(H,23,26)/b22-12+. The van der Waals surface area contributed by atoms with E-state index in [2.05, 4.69) is 17.1 Å². The summed E-state index contributed by atoms with van der Waals surface area (Å²) in [5.74, 6) is -1.19. The quantitative estimate of drug-likeness (QED) is 0.404. The van der Waals surface area contributed by atoms with Crippen molar-refractivity contribution in [2.45, 2.75) is 6.54 Å². The molecule has 2 aromatic carbocycles. The fourth-order valence-corrected chi connectivity index (χ4v) is 2.91. The van der Waals surface area contributed by atoms with Crippen molar-refractivity contribution in [3.8, 4) is 5.75 Å². The maximum absolute atomic E-state index is 12.7. The number of aromatic nitrogens is 1. The Hall–Kier alpha value is -3.38. The minimum Gasteiger partial charge on any atom is -0.506 e. The van der Waals surface area contributed by atoms with E-state index in [1.54, 1.807) is 54.6 Å². The van der Waals surface area contributed by atoms with Crippen LogP contribution in [0, 0.1) is 0 Å². The Balaban J connectivity index is 1.99. The maximum atomic E-state index is 12.7. The summed E-state index contributed by atoms with van der Waals surface area (Å²) in [4.78, 5) is 25.2. The highest BCUT2D eigenvalue weighted by molar-refractivity contribution is 6.30. The second-order valence-corrected chi connectivity index (χ2v) is 6.14. The van der Waals surface area contributed by atoms with E-state index in [1.165, 1.54) is 10.8 Å². The molecule has 6 nitrogen and oxygen atoms in total. The monoisotopic (exact) mass is 381 g/mol. The molecular formula is C20H16ClN3O3. The topological polar surface area (TPSA) is 83.7 Å². The Labute approximate surface area is 160 Å². The Bertz CT molecular complexity index is 1120. The number of carbonyl (C=O) groups excluding carboxylic acids is 1. The van der Waals surface area contributed by atoms with Gasteiger partial charge in [-0.15, -0.1) is 6.58 Å². The highest BCUT2D eigenvalue weighted by Crippen LogP contribution is 2.26. The molecule has 2 N–H and O–H groups in total. The van der Waals surface area contributed by atoms with Gasteiger partial charge in [0.25, 0.3) is 11.5 Å². The van der Waals surface area contributed by atoms with Gasteiger partial charge in [-0.1, -0.05) is 41.9 Å². The summed E-state index contributed by atoms with van der Waals surface area (Å²) in [6.45, 7) is 3.83. The Morgan fingerprint density at radius 1 is 1.26 bits per heavy atom. The zero-order valence-corrected chi connectivity index (χ0v) is 15.0. The fraction of sp³-hybridized carbons (Fsp3) is 0.0500. The Kier molecular flexibility index (Phi) is 5.38. The molecule has 1 amide bonds. The molecule has 3 aromatic rings. The molecule has 0 aliphatic rings. The van der Waals surface area contributed by atoms with Crippen molar-refractivity contribution in [3.63, 3.8) is 0 Å². The van der Waals surface area contributed by atoms with Crippen LogP contribution >= 0.6 is 11.6 Å². The van der Waals surface area contributed by atoms with E-state index in [-0.39, 0.29) is 17.9 Å². The number of rotatable bonds is 5. The summed E-state index contributed by atoms with van der Waals surface area (Å²) in [5.41, 5.74) is 2.46. The van der Waals surface area contributed by atoms with Crippen molar-refractivity contribution in [1.82, 2.24) is 9.99 Å². The number of benzene rings is 2. The molecule has 3 rings (SSSR count). The van der Waals surface area contributed by atoms with Gasteiger partial charge in [0.05, 0.1) is 11.7 Å². The number of hydrogen-bond donors (Lipinski definition) is 2. The lowest BCUT2D eigenvalue weighted by atomic mass is 10.1. The Morgan fingerprint density at radius 2 is 2.04 bits per heavy atom. The second kappa shape index (κ2) is 7.88. The first-order chi connectivity index (χ1) is 13.0. The summed E-state index contributed by atoms with van der Waals surface area (Å²) in [6, 6.07) is 13.7. The number of aromatic hydroxyl groups is 1. The molecule has 0 fully saturated rings. The first kappa shape index (κ1) is 18.4. The van der Waals surface area contributed by atoms with Gasteiger partial charge >= 0.3 is 0 Å². The van der Waals surface area contributed by atoms with Crippen molar-refractivity contribution in [3.05, 3.63) is 87.7 Å². The minimum absolute atomic E-state index is 0.200. The average molecular weight is 382 g/mol. The van der Waals surface area contributed by atoms with E-state index in [9.17, 15) is 14.7 Å². The largest absolute Gasteiger partial charge is 0.506 e. The van der Waals surface area contributed by atoms with Crippen LogP contribution in [0.5, 0.6) is 5.75 Å². The maximum Gasteiger partial charge on any atom is 0.280 e. The van der Waals surface area contributed by atoms with Crippen LogP contribution in [0.2, 0.25) is 5.02 Å². The number of carbonyl (C=O) groups is 1. The van der Waals surface area contributed by atoms with Crippen LogP contribution in [0.25, 0.3) is 10.9 Å². The Morgan fingerprint density at radius 3 is 2.78 bits per heavy atom. The number of para-hydroxylation sites is 1. The van der Waals surface area contributed by atoms with Gasteiger partial charge in [-0.25, -0.2) is 5.43 Å². The van der Waals surface area contributed by atoms with Crippen molar-refractivity contribution >= 4 is 34.6 Å². The van der Waals surface area contributed by atoms with Crippen LogP contribution in [-0.2, 0) is 6.54 Å². The third-order valence-corrected chi connectivity index (χ3v) is 4.15. The number of amides is 1. The van der Waals surface area contributed by atoms with Gasteiger partial charge in [-0.2, -0.15) is 5.10 Å². The van der Waals surface area contributed by atoms with Crippen LogP contribution in [0.3, 0.4) is 0 Å². The van der Waals surface area contributed by atoms with Crippen molar-refractivity contribution in [1.29, 1.82) is 0 Å². The number of hydrazone groups is 1. The molecule has 27 heavy (non-hydrogen) atoms. The number of halogens is 1. The zero-order valence-electron chi connectivity index (χ0n) is 14.2. The molecule has 136 valence electrons. The van der Waals surface area contributed by atoms with E-state index in [0.717, 1.165) is 0 Å². The molecule has 0 saturated heterocycles. The molecule has 0 spiro atoms. The number of fused-ring (bicyclic) bond motifs is 1. The van der Waals surface area contributed by atoms with E-state index in [0.29, 0.717) is 21.5 Å². The summed E-state index contributed by atoms with van der Waals surface area (Å²) < 4.78 is 1.37. The van der Waals surface area contributed by atoms with E-state index < -0.39 is 11.5 Å². The highest BCUT2D eigenvalue weighted by Gasteiger charge is 2.21. The number of pyridine rings is 1. The summed E-state index contributed by atoms with van der Waals surface area (Å²) >= 11 is 5.89. The zero-order chi connectivity index (χ0) is 19.4. The molecule has 7 heteroatoms. The molecule has 1 heterocycles. The third kappa shape index (κ3) is 3.75. The van der Waals surface area contributed by atoms with Gasteiger partial charge in [-0.3, -0.25) is 9.59 Å². The highest BCUT2D eigenvalue weighted by atomic mass is 35.5. The predicted molar refractivity (Wildman–Crippen MR) is 107 cm³/mol. The molecule has 0 aliphatic heterocycles. The van der Waals surface area contributed by atoms with Crippen molar-refractivity contribution in [2.75, 3.05) is 0 Å². The van der Waals surface area contributed by atoms with E-state index in [4.69, 9.17) is 11.6 Å². The van der Waals surface area contributed by atoms with Gasteiger partial charge in [0, 0.05) is 17.0 Å². The molecule has 0 saturated carbocycles. The van der Waals surface area contributed by atoms with Gasteiger partial charge in [0.1, 0.15) is 11.3 Å². The van der Waals surface area contributed by atoms with Crippen LogP contribution in [-0.4, -0.2) is 21.8 Å². The molecule has 0 atom stereocenters. The molecule has 0 aliphatic carbocycles. The molecule has 0 radical (unpaired) electrons. The average Bonchev–Trinajstić information content (AvgIpc) is 2.65. The fourth-order valence-electron chi connectivity index (χ4n) is 2.71. The second-order valence-electron chi connectivity index (χ2n) is 5.70. The lowest BCUT2D eigenvalue weighted by molar-refractivity contribution is 0.0950. The number of hydrogen-bond acceptors (Lipinski definition) is 4. The lowest BCUT2D eigenvalue weighted by Gasteiger charge is -2.12. The van der Waals surface area contributed by atoms with E-state index in [1.807, 2.05) is 0 Å².